The van der Waals surface area contributed by atoms with E-state index >= 15 is 0 Å². The number of carboxylic acid groups (broad SMARTS) is 2. The van der Waals surface area contributed by atoms with Gasteiger partial charge >= 0.3 is 11.9 Å². The van der Waals surface area contributed by atoms with E-state index in [0.717, 1.165) is 0 Å². The van der Waals surface area contributed by atoms with Crippen LogP contribution in [0.25, 0.3) is 0 Å². The fourth-order valence-electron chi connectivity index (χ4n) is 3.22. The van der Waals surface area contributed by atoms with Gasteiger partial charge in [0.1, 0.15) is 18.1 Å². The van der Waals surface area contributed by atoms with E-state index in [-0.39, 0.29) is 19.3 Å². The van der Waals surface area contributed by atoms with E-state index in [4.69, 9.17) is 16.6 Å². The largest absolute Gasteiger partial charge is 0.481 e. The third kappa shape index (κ3) is 10.5. The maximum absolute atomic E-state index is 12.9. The molecule has 0 radical (unpaired) electrons. The molecule has 36 heavy (non-hydrogen) atoms. The minimum Gasteiger partial charge on any atom is -0.481 e. The highest BCUT2D eigenvalue weighted by Crippen LogP contribution is 2.08. The Bertz CT molecular complexity index is 953. The Hall–Kier alpha value is -4.00. The fourth-order valence-corrected chi connectivity index (χ4v) is 3.22. The molecule has 13 nitrogen and oxygen atoms in total. The molecule has 1 aromatic carbocycles. The molecule has 0 spiro atoms. The Morgan fingerprint density at radius 1 is 0.861 bits per heavy atom. The summed E-state index contributed by atoms with van der Waals surface area (Å²) < 4.78 is 0. The number of carbonyl (C=O) groups is 6. The van der Waals surface area contributed by atoms with Crippen LogP contribution in [0.1, 0.15) is 38.7 Å². The molecule has 0 aromatic heterocycles. The number of aliphatic carboxylic acids is 2. The number of amides is 4. The van der Waals surface area contributed by atoms with Crippen molar-refractivity contribution in [1.82, 2.24) is 16.0 Å². The van der Waals surface area contributed by atoms with Gasteiger partial charge in [0.25, 0.3) is 0 Å². The topological polar surface area (TPSA) is 231 Å². The molecule has 0 aliphatic rings. The van der Waals surface area contributed by atoms with E-state index in [2.05, 4.69) is 16.0 Å². The van der Waals surface area contributed by atoms with Crippen LogP contribution >= 0.6 is 0 Å². The third-order valence-electron chi connectivity index (χ3n) is 5.19. The zero-order valence-corrected chi connectivity index (χ0v) is 20.1. The van der Waals surface area contributed by atoms with E-state index in [1.54, 1.807) is 44.2 Å². The minimum atomic E-state index is -1.40. The molecule has 1 aromatic rings. The minimum absolute atomic E-state index is 0.0233. The van der Waals surface area contributed by atoms with E-state index in [9.17, 15) is 33.9 Å². The number of nitrogens with two attached hydrogens (primary N) is 2. The summed E-state index contributed by atoms with van der Waals surface area (Å²) in [4.78, 5) is 71.9. The number of rotatable bonds is 15. The lowest BCUT2D eigenvalue weighted by Crippen LogP contribution is -2.58. The highest BCUT2D eigenvalue weighted by atomic mass is 16.4. The summed E-state index contributed by atoms with van der Waals surface area (Å²) in [5.41, 5.74) is 11.4. The second-order valence-corrected chi connectivity index (χ2v) is 8.59. The number of carboxylic acids is 2. The van der Waals surface area contributed by atoms with Crippen molar-refractivity contribution >= 4 is 35.6 Å². The Kier molecular flexibility index (Phi) is 12.0. The van der Waals surface area contributed by atoms with Gasteiger partial charge < -0.3 is 37.6 Å². The maximum atomic E-state index is 12.9. The second-order valence-electron chi connectivity index (χ2n) is 8.59. The molecule has 1 rings (SSSR count). The molecule has 4 atom stereocenters. The van der Waals surface area contributed by atoms with Crippen LogP contribution in [0.15, 0.2) is 30.3 Å². The van der Waals surface area contributed by atoms with Crippen molar-refractivity contribution in [1.29, 1.82) is 0 Å². The van der Waals surface area contributed by atoms with Crippen LogP contribution in [0.3, 0.4) is 0 Å². The predicted molar refractivity (Wildman–Crippen MR) is 127 cm³/mol. The molecule has 0 saturated heterocycles. The molecule has 13 heteroatoms. The van der Waals surface area contributed by atoms with Crippen LogP contribution in [0.5, 0.6) is 0 Å². The molecule has 0 heterocycles. The van der Waals surface area contributed by atoms with Gasteiger partial charge in [-0.2, -0.15) is 0 Å². The van der Waals surface area contributed by atoms with Gasteiger partial charge in [-0.3, -0.25) is 24.0 Å². The number of nitrogens with one attached hydrogen (secondary N) is 3. The number of hydrogen-bond donors (Lipinski definition) is 7. The van der Waals surface area contributed by atoms with Gasteiger partial charge in [0, 0.05) is 12.8 Å². The lowest BCUT2D eigenvalue weighted by atomic mass is 10.0. The zero-order chi connectivity index (χ0) is 27.4. The van der Waals surface area contributed by atoms with E-state index in [1.807, 2.05) is 0 Å². The number of carbonyl (C=O) groups excluding carboxylic acids is 4. The first kappa shape index (κ1) is 30.0. The van der Waals surface area contributed by atoms with E-state index in [0.29, 0.717) is 5.56 Å². The van der Waals surface area contributed by atoms with Gasteiger partial charge in [-0.05, 0) is 17.9 Å². The molecule has 0 bridgehead atoms. The standard InChI is InChI=1S/C23H33N5O8/c1-12(2)19(28-20(32)14(24)11-18(30)31)22(34)26-15(8-9-17(25)29)21(33)27-16(23(35)36)10-13-6-4-3-5-7-13/h3-7,12,14-16,19H,8-11,24H2,1-2H3,(H2,25,29)(H,26,34)(H,27,33)(H,28,32)(H,30,31)(H,35,36). The molecular formula is C23H33N5O8. The lowest BCUT2D eigenvalue weighted by Gasteiger charge is -2.26. The van der Waals surface area contributed by atoms with Crippen LogP contribution in [-0.4, -0.2) is 69.9 Å². The van der Waals surface area contributed by atoms with Gasteiger partial charge in [-0.25, -0.2) is 4.79 Å². The van der Waals surface area contributed by atoms with Crippen LogP contribution < -0.4 is 27.4 Å². The zero-order valence-electron chi connectivity index (χ0n) is 20.1. The van der Waals surface area contributed by atoms with Crippen LogP contribution in [-0.2, 0) is 35.2 Å². The normalized spacial score (nSPS) is 14.1. The molecule has 0 aliphatic heterocycles. The first-order valence-electron chi connectivity index (χ1n) is 11.2. The van der Waals surface area contributed by atoms with Gasteiger partial charge in [0.15, 0.2) is 0 Å². The summed E-state index contributed by atoms with van der Waals surface area (Å²) in [5, 5.41) is 25.5. The molecule has 198 valence electrons. The first-order valence-corrected chi connectivity index (χ1v) is 11.2. The number of hydrogen-bond acceptors (Lipinski definition) is 7. The summed E-state index contributed by atoms with van der Waals surface area (Å²) in [5.74, 6) is -6.37. The van der Waals surface area contributed by atoms with Crippen LogP contribution in [0.4, 0.5) is 0 Å². The third-order valence-corrected chi connectivity index (χ3v) is 5.19. The second kappa shape index (κ2) is 14.4. The number of benzene rings is 1. The monoisotopic (exact) mass is 507 g/mol. The summed E-state index contributed by atoms with van der Waals surface area (Å²) >= 11 is 0. The van der Waals surface area contributed by atoms with Gasteiger partial charge in [0.2, 0.25) is 23.6 Å². The highest BCUT2D eigenvalue weighted by molar-refractivity contribution is 5.95. The van der Waals surface area contributed by atoms with Gasteiger partial charge in [-0.1, -0.05) is 44.2 Å². The SMILES string of the molecule is CC(C)C(NC(=O)C(N)CC(=O)O)C(=O)NC(CCC(N)=O)C(=O)NC(Cc1ccccc1)C(=O)O. The average Bonchev–Trinajstić information content (AvgIpc) is 2.78. The first-order chi connectivity index (χ1) is 16.8. The Morgan fingerprint density at radius 3 is 1.94 bits per heavy atom. The highest BCUT2D eigenvalue weighted by Gasteiger charge is 2.32. The quantitative estimate of drug-likeness (QED) is 0.146. The molecular weight excluding hydrogens is 474 g/mol. The Morgan fingerprint density at radius 2 is 1.44 bits per heavy atom. The molecule has 4 unspecified atom stereocenters. The van der Waals surface area contributed by atoms with Gasteiger partial charge in [-0.15, -0.1) is 0 Å². The summed E-state index contributed by atoms with van der Waals surface area (Å²) in [6.45, 7) is 3.21. The molecule has 4 amide bonds. The van der Waals surface area contributed by atoms with Crippen molar-refractivity contribution in [3.8, 4) is 0 Å². The fraction of sp³-hybridized carbons (Fsp3) is 0.478. The molecule has 9 N–H and O–H groups in total. The van der Waals surface area contributed by atoms with Crippen molar-refractivity contribution < 1.29 is 39.0 Å². The van der Waals surface area contributed by atoms with E-state index < -0.39 is 72.1 Å². The van der Waals surface area contributed by atoms with Crippen LogP contribution in [0, 0.1) is 5.92 Å². The maximum Gasteiger partial charge on any atom is 0.326 e. The molecule has 0 saturated carbocycles. The summed E-state index contributed by atoms with van der Waals surface area (Å²) in [6, 6.07) is 3.32. The number of primary amides is 1. The van der Waals surface area contributed by atoms with Crippen molar-refractivity contribution in [2.45, 2.75) is 63.7 Å². The van der Waals surface area contributed by atoms with Crippen molar-refractivity contribution in [2.24, 2.45) is 17.4 Å². The Labute approximate surface area is 208 Å². The van der Waals surface area contributed by atoms with Crippen molar-refractivity contribution in [3.63, 3.8) is 0 Å². The summed E-state index contributed by atoms with van der Waals surface area (Å²) in [6.07, 6.45) is -1.18. The van der Waals surface area contributed by atoms with Crippen LogP contribution in [0.2, 0.25) is 0 Å². The molecule has 0 fully saturated rings. The lowest BCUT2D eigenvalue weighted by molar-refractivity contribution is -0.142. The predicted octanol–water partition coefficient (Wildman–Crippen LogP) is -1.51. The van der Waals surface area contributed by atoms with Crippen molar-refractivity contribution in [3.05, 3.63) is 35.9 Å². The average molecular weight is 508 g/mol. The smallest absolute Gasteiger partial charge is 0.326 e. The van der Waals surface area contributed by atoms with E-state index in [1.165, 1.54) is 0 Å². The summed E-state index contributed by atoms with van der Waals surface area (Å²) in [7, 11) is 0. The van der Waals surface area contributed by atoms with Crippen molar-refractivity contribution in [2.75, 3.05) is 0 Å². The Balaban J connectivity index is 3.01. The van der Waals surface area contributed by atoms with Gasteiger partial charge in [0.05, 0.1) is 12.5 Å². The molecule has 0 aliphatic carbocycles.